The molecule has 138 valence electrons. The number of hydrogen-bond acceptors (Lipinski definition) is 5. The summed E-state index contributed by atoms with van der Waals surface area (Å²) in [6.45, 7) is 0. The molecule has 0 spiro atoms. The number of methoxy groups -OCH3 is 1. The third-order valence-electron chi connectivity index (χ3n) is 4.10. The highest BCUT2D eigenvalue weighted by molar-refractivity contribution is 5.96. The maximum absolute atomic E-state index is 12.8. The van der Waals surface area contributed by atoms with Crippen LogP contribution in [0.1, 0.15) is 22.0 Å². The molecule has 3 aromatic rings. The second-order valence-corrected chi connectivity index (χ2v) is 5.79. The molecule has 0 saturated heterocycles. The van der Waals surface area contributed by atoms with Gasteiger partial charge in [-0.1, -0.05) is 18.2 Å². The molecule has 0 aliphatic carbocycles. The summed E-state index contributed by atoms with van der Waals surface area (Å²) in [6, 6.07) is 9.35. The van der Waals surface area contributed by atoms with Crippen molar-refractivity contribution in [3.63, 3.8) is 0 Å². The molecule has 1 N–H and O–H groups in total. The summed E-state index contributed by atoms with van der Waals surface area (Å²) in [6.07, 6.45) is 5.91. The van der Waals surface area contributed by atoms with Crippen LogP contribution in [0, 0.1) is 0 Å². The molecule has 1 aromatic carbocycles. The number of amides is 1. The first kappa shape index (κ1) is 18.1. The highest BCUT2D eigenvalue weighted by Gasteiger charge is 2.29. The molecular weight excluding hydrogens is 348 g/mol. The van der Waals surface area contributed by atoms with Crippen LogP contribution in [0.25, 0.3) is 5.69 Å². The van der Waals surface area contributed by atoms with E-state index in [0.717, 1.165) is 4.90 Å². The van der Waals surface area contributed by atoms with Gasteiger partial charge in [-0.05, 0) is 18.2 Å². The van der Waals surface area contributed by atoms with Gasteiger partial charge in [-0.2, -0.15) is 5.10 Å². The Morgan fingerprint density at radius 1 is 1.19 bits per heavy atom. The van der Waals surface area contributed by atoms with Crippen LogP contribution in [0.3, 0.4) is 0 Å². The molecule has 8 heteroatoms. The molecule has 0 bridgehead atoms. The van der Waals surface area contributed by atoms with E-state index in [1.54, 1.807) is 43.8 Å². The van der Waals surface area contributed by atoms with E-state index in [1.807, 2.05) is 12.1 Å². The second kappa shape index (κ2) is 7.69. The Morgan fingerprint density at radius 2 is 1.96 bits per heavy atom. The fourth-order valence-electron chi connectivity index (χ4n) is 2.77. The van der Waals surface area contributed by atoms with E-state index < -0.39 is 17.9 Å². The predicted molar refractivity (Wildman–Crippen MR) is 96.8 cm³/mol. The molecule has 0 radical (unpaired) electrons. The van der Waals surface area contributed by atoms with Gasteiger partial charge in [-0.3, -0.25) is 9.78 Å². The minimum Gasteiger partial charge on any atom is -0.494 e. The fraction of sp³-hybridized carbons (Fsp3) is 0.158. The molecule has 0 fully saturated rings. The number of carbonyl (C=O) groups is 2. The van der Waals surface area contributed by atoms with Crippen molar-refractivity contribution < 1.29 is 19.4 Å². The van der Waals surface area contributed by atoms with Crippen molar-refractivity contribution in [2.75, 3.05) is 14.2 Å². The van der Waals surface area contributed by atoms with Crippen LogP contribution in [0.4, 0.5) is 0 Å². The first-order valence-corrected chi connectivity index (χ1v) is 8.11. The quantitative estimate of drug-likeness (QED) is 0.718. The van der Waals surface area contributed by atoms with Crippen LogP contribution in [0.15, 0.2) is 61.2 Å². The van der Waals surface area contributed by atoms with Crippen LogP contribution >= 0.6 is 0 Å². The van der Waals surface area contributed by atoms with Crippen molar-refractivity contribution in [1.29, 1.82) is 0 Å². The van der Waals surface area contributed by atoms with Gasteiger partial charge in [0.05, 0.1) is 18.9 Å². The Bertz CT molecular complexity index is 955. The fourth-order valence-corrected chi connectivity index (χ4v) is 2.77. The SMILES string of the molecule is COc1ccccc1-n1cc(C(=O)N(C)[C@H](C(=O)O)c2cccnc2)cn1. The summed E-state index contributed by atoms with van der Waals surface area (Å²) >= 11 is 0. The number of hydrogen-bond donors (Lipinski definition) is 1. The number of rotatable bonds is 6. The van der Waals surface area contributed by atoms with Gasteiger partial charge in [0.25, 0.3) is 5.91 Å². The first-order chi connectivity index (χ1) is 13.0. The van der Waals surface area contributed by atoms with Crippen LogP contribution in [-0.4, -0.2) is 50.8 Å². The second-order valence-electron chi connectivity index (χ2n) is 5.79. The number of nitrogens with zero attached hydrogens (tertiary/aromatic N) is 4. The number of ether oxygens (including phenoxy) is 1. The molecule has 3 rings (SSSR count). The Balaban J connectivity index is 1.89. The number of likely N-dealkylation sites (N-methyl/N-ethyl adjacent to an activating group) is 1. The summed E-state index contributed by atoms with van der Waals surface area (Å²) < 4.78 is 6.82. The molecule has 2 heterocycles. The number of benzene rings is 1. The van der Waals surface area contributed by atoms with Gasteiger partial charge in [0.2, 0.25) is 0 Å². The van der Waals surface area contributed by atoms with Gasteiger partial charge < -0.3 is 14.7 Å². The maximum atomic E-state index is 12.8. The van der Waals surface area contributed by atoms with Crippen LogP contribution in [0.5, 0.6) is 5.75 Å². The lowest BCUT2D eigenvalue weighted by Gasteiger charge is -2.24. The van der Waals surface area contributed by atoms with E-state index in [9.17, 15) is 14.7 Å². The molecule has 2 aromatic heterocycles. The van der Waals surface area contributed by atoms with Crippen molar-refractivity contribution >= 4 is 11.9 Å². The van der Waals surface area contributed by atoms with E-state index >= 15 is 0 Å². The van der Waals surface area contributed by atoms with Gasteiger partial charge in [0.1, 0.15) is 11.4 Å². The number of para-hydroxylation sites is 2. The standard InChI is InChI=1S/C19H18N4O4/c1-22(17(19(25)26)13-6-5-9-20-10-13)18(24)14-11-21-23(12-14)15-7-3-4-8-16(15)27-2/h3-12,17H,1-2H3,(H,25,26)/t17-/m0/s1. The van der Waals surface area contributed by atoms with Gasteiger partial charge in [0, 0.05) is 31.2 Å². The summed E-state index contributed by atoms with van der Waals surface area (Å²) in [5.74, 6) is -1.00. The van der Waals surface area contributed by atoms with Crippen molar-refractivity contribution in [3.8, 4) is 11.4 Å². The third-order valence-corrected chi connectivity index (χ3v) is 4.10. The normalized spacial score (nSPS) is 11.6. The zero-order valence-corrected chi connectivity index (χ0v) is 14.8. The van der Waals surface area contributed by atoms with Crippen molar-refractivity contribution in [2.24, 2.45) is 0 Å². The summed E-state index contributed by atoms with van der Waals surface area (Å²) in [7, 11) is 2.99. The zero-order valence-electron chi connectivity index (χ0n) is 14.8. The number of aromatic nitrogens is 3. The highest BCUT2D eigenvalue weighted by atomic mass is 16.5. The van der Waals surface area contributed by atoms with E-state index in [1.165, 1.54) is 24.1 Å². The lowest BCUT2D eigenvalue weighted by Crippen LogP contribution is -2.35. The Morgan fingerprint density at radius 3 is 2.63 bits per heavy atom. The van der Waals surface area contributed by atoms with Crippen LogP contribution < -0.4 is 4.74 Å². The highest BCUT2D eigenvalue weighted by Crippen LogP contribution is 2.24. The molecule has 0 saturated carbocycles. The number of carboxylic acids is 1. The van der Waals surface area contributed by atoms with Gasteiger partial charge in [-0.25, -0.2) is 9.48 Å². The van der Waals surface area contributed by atoms with Crippen LogP contribution in [0.2, 0.25) is 0 Å². The molecule has 0 unspecified atom stereocenters. The Labute approximate surface area is 155 Å². The topological polar surface area (TPSA) is 97.5 Å². The number of pyridine rings is 1. The smallest absolute Gasteiger partial charge is 0.331 e. The maximum Gasteiger partial charge on any atom is 0.331 e. The molecule has 1 atom stereocenters. The van der Waals surface area contributed by atoms with E-state index in [2.05, 4.69) is 10.1 Å². The molecular formula is C19H18N4O4. The zero-order chi connectivity index (χ0) is 19.4. The van der Waals surface area contributed by atoms with Gasteiger partial charge in [-0.15, -0.1) is 0 Å². The van der Waals surface area contributed by atoms with Crippen molar-refractivity contribution in [1.82, 2.24) is 19.7 Å². The molecule has 8 nitrogen and oxygen atoms in total. The third kappa shape index (κ3) is 3.64. The lowest BCUT2D eigenvalue weighted by molar-refractivity contribution is -0.142. The Hall–Kier alpha value is -3.68. The minimum atomic E-state index is -1.15. The van der Waals surface area contributed by atoms with Crippen LogP contribution in [-0.2, 0) is 4.79 Å². The summed E-state index contributed by atoms with van der Waals surface area (Å²) in [4.78, 5) is 29.6. The molecule has 27 heavy (non-hydrogen) atoms. The summed E-state index contributed by atoms with van der Waals surface area (Å²) in [5, 5.41) is 13.8. The number of carboxylic acid groups (broad SMARTS) is 1. The van der Waals surface area contributed by atoms with E-state index in [-0.39, 0.29) is 5.56 Å². The monoisotopic (exact) mass is 366 g/mol. The van der Waals surface area contributed by atoms with Crippen molar-refractivity contribution in [2.45, 2.75) is 6.04 Å². The minimum absolute atomic E-state index is 0.263. The average molecular weight is 366 g/mol. The number of aliphatic carboxylic acids is 1. The molecule has 0 aliphatic heterocycles. The molecule has 1 amide bonds. The van der Waals surface area contributed by atoms with Crippen molar-refractivity contribution in [3.05, 3.63) is 72.3 Å². The average Bonchev–Trinajstić information content (AvgIpc) is 3.18. The van der Waals surface area contributed by atoms with Gasteiger partial charge in [0.15, 0.2) is 6.04 Å². The first-order valence-electron chi connectivity index (χ1n) is 8.11. The predicted octanol–water partition coefficient (Wildman–Crippen LogP) is 2.17. The largest absolute Gasteiger partial charge is 0.494 e. The Kier molecular flexibility index (Phi) is 5.16. The van der Waals surface area contributed by atoms with E-state index in [0.29, 0.717) is 17.0 Å². The lowest BCUT2D eigenvalue weighted by atomic mass is 10.1. The molecule has 0 aliphatic rings. The van der Waals surface area contributed by atoms with E-state index in [4.69, 9.17) is 4.74 Å². The number of carbonyl (C=O) groups excluding carboxylic acids is 1. The van der Waals surface area contributed by atoms with Gasteiger partial charge >= 0.3 is 5.97 Å². The summed E-state index contributed by atoms with van der Waals surface area (Å²) in [5.41, 5.74) is 1.35.